The van der Waals surface area contributed by atoms with Gasteiger partial charge in [0.05, 0.1) is 5.69 Å². The van der Waals surface area contributed by atoms with Gasteiger partial charge in [-0.1, -0.05) is 24.3 Å². The number of hydrogen-bond donors (Lipinski definition) is 1. The van der Waals surface area contributed by atoms with Gasteiger partial charge in [-0.2, -0.15) is 0 Å². The lowest BCUT2D eigenvalue weighted by atomic mass is 10.2. The third-order valence-electron chi connectivity index (χ3n) is 3.81. The molecule has 1 amide bonds. The maximum absolute atomic E-state index is 12.6. The van der Waals surface area contributed by atoms with Crippen molar-refractivity contribution < 1.29 is 4.79 Å². The third kappa shape index (κ3) is 3.21. The van der Waals surface area contributed by atoms with Crippen molar-refractivity contribution in [3.05, 3.63) is 96.2 Å². The van der Waals surface area contributed by atoms with Gasteiger partial charge in [0, 0.05) is 30.4 Å². The molecule has 0 radical (unpaired) electrons. The molecule has 1 aliphatic heterocycles. The minimum Gasteiger partial charge on any atom is -0.266 e. The highest BCUT2D eigenvalue weighted by Gasteiger charge is 2.26. The van der Waals surface area contributed by atoms with E-state index in [2.05, 4.69) is 20.4 Å². The summed E-state index contributed by atoms with van der Waals surface area (Å²) in [5, 5.41) is 1.67. The highest BCUT2D eigenvalue weighted by Crippen LogP contribution is 2.21. The predicted molar refractivity (Wildman–Crippen MR) is 100 cm³/mol. The summed E-state index contributed by atoms with van der Waals surface area (Å²) in [5.74, 6) is 0.310. The second-order valence-electron chi connectivity index (χ2n) is 5.60. The minimum absolute atomic E-state index is 0.287. The summed E-state index contributed by atoms with van der Waals surface area (Å²) < 4.78 is 0. The molecule has 0 fully saturated rings. The summed E-state index contributed by atoms with van der Waals surface area (Å²) in [7, 11) is 0. The monoisotopic (exact) mass is 341 g/mol. The number of hydrazine groups is 1. The van der Waals surface area contributed by atoms with Crippen molar-refractivity contribution in [2.45, 2.75) is 0 Å². The highest BCUT2D eigenvalue weighted by atomic mass is 16.2. The first-order valence-corrected chi connectivity index (χ1v) is 8.08. The molecule has 0 atom stereocenters. The van der Waals surface area contributed by atoms with E-state index in [0.29, 0.717) is 11.5 Å². The molecular formula is C20H15N5O. The Bertz CT molecular complexity index is 969. The molecule has 6 heteroatoms. The predicted octanol–water partition coefficient (Wildman–Crippen LogP) is 2.82. The van der Waals surface area contributed by atoms with E-state index >= 15 is 0 Å². The van der Waals surface area contributed by atoms with Gasteiger partial charge in [-0.05, 0) is 42.0 Å². The molecule has 0 bridgehead atoms. The first-order chi connectivity index (χ1) is 12.8. The fourth-order valence-corrected chi connectivity index (χ4v) is 2.60. The van der Waals surface area contributed by atoms with E-state index < -0.39 is 0 Å². The van der Waals surface area contributed by atoms with Crippen molar-refractivity contribution in [3.8, 4) is 0 Å². The number of nitrogens with zero attached hydrogens (tertiary/aromatic N) is 4. The van der Waals surface area contributed by atoms with E-state index in [4.69, 9.17) is 0 Å². The fourth-order valence-electron chi connectivity index (χ4n) is 2.60. The van der Waals surface area contributed by atoms with Gasteiger partial charge < -0.3 is 0 Å². The van der Waals surface area contributed by atoms with E-state index in [1.807, 2.05) is 54.6 Å². The molecule has 3 aromatic rings. The van der Waals surface area contributed by atoms with Crippen molar-refractivity contribution in [3.63, 3.8) is 0 Å². The number of pyridine rings is 2. The van der Waals surface area contributed by atoms with Crippen molar-refractivity contribution in [1.29, 1.82) is 0 Å². The van der Waals surface area contributed by atoms with Gasteiger partial charge in [0.25, 0.3) is 5.91 Å². The molecule has 26 heavy (non-hydrogen) atoms. The van der Waals surface area contributed by atoms with Gasteiger partial charge in [-0.25, -0.2) is 10.0 Å². The first kappa shape index (κ1) is 15.7. The number of amidine groups is 1. The molecule has 126 valence electrons. The molecule has 0 saturated heterocycles. The molecule has 6 nitrogen and oxygen atoms in total. The molecule has 4 rings (SSSR count). The van der Waals surface area contributed by atoms with Crippen LogP contribution in [0.4, 0.5) is 5.69 Å². The third-order valence-corrected chi connectivity index (χ3v) is 3.81. The largest absolute Gasteiger partial charge is 0.288 e. The number of carbonyl (C=O) groups is 1. The number of aliphatic imine (C=N–C) groups is 1. The molecule has 3 heterocycles. The molecular weight excluding hydrogens is 326 g/mol. The van der Waals surface area contributed by atoms with Gasteiger partial charge >= 0.3 is 0 Å². The van der Waals surface area contributed by atoms with Crippen molar-refractivity contribution in [2.75, 3.05) is 5.01 Å². The van der Waals surface area contributed by atoms with Crippen molar-refractivity contribution >= 4 is 23.5 Å². The summed E-state index contributed by atoms with van der Waals surface area (Å²) >= 11 is 0. The zero-order chi connectivity index (χ0) is 17.8. The van der Waals surface area contributed by atoms with Crippen LogP contribution in [-0.4, -0.2) is 21.7 Å². The normalized spacial score (nSPS) is 15.5. The molecule has 0 spiro atoms. The lowest BCUT2D eigenvalue weighted by Gasteiger charge is -2.30. The quantitative estimate of drug-likeness (QED) is 0.744. The van der Waals surface area contributed by atoms with Crippen molar-refractivity contribution in [1.82, 2.24) is 15.4 Å². The number of carbonyl (C=O) groups excluding carboxylic acids is 1. The van der Waals surface area contributed by atoms with E-state index in [0.717, 1.165) is 16.8 Å². The van der Waals surface area contributed by atoms with Crippen LogP contribution in [0.15, 0.2) is 90.1 Å². The Morgan fingerprint density at radius 1 is 0.885 bits per heavy atom. The van der Waals surface area contributed by atoms with Crippen LogP contribution in [0.25, 0.3) is 6.08 Å². The van der Waals surface area contributed by atoms with Crippen LogP contribution in [-0.2, 0) is 4.79 Å². The van der Waals surface area contributed by atoms with Crippen LogP contribution in [0.5, 0.6) is 0 Å². The maximum Gasteiger partial charge on any atom is 0.288 e. The average molecular weight is 341 g/mol. The van der Waals surface area contributed by atoms with Crippen LogP contribution in [0.1, 0.15) is 11.1 Å². The topological polar surface area (TPSA) is 70.5 Å². The smallest absolute Gasteiger partial charge is 0.266 e. The molecule has 0 unspecified atom stereocenters. The number of anilines is 1. The lowest BCUT2D eigenvalue weighted by Crippen LogP contribution is -2.50. The van der Waals surface area contributed by atoms with Crippen LogP contribution >= 0.6 is 0 Å². The Morgan fingerprint density at radius 2 is 1.65 bits per heavy atom. The standard InChI is InChI=1S/C20H15N5O/c26-20-18(12-15-6-4-10-21-13-15)23-19(16-7-5-11-22-14-16)25(24-20)17-8-2-1-3-9-17/h1-14H,(H,24,26)/b18-12-. The Morgan fingerprint density at radius 3 is 2.35 bits per heavy atom. The second kappa shape index (κ2) is 6.98. The molecule has 1 N–H and O–H groups in total. The second-order valence-corrected chi connectivity index (χ2v) is 5.60. The fraction of sp³-hybridized carbons (Fsp3) is 0. The number of nitrogens with one attached hydrogen (secondary N) is 1. The van der Waals surface area contributed by atoms with E-state index in [1.54, 1.807) is 35.9 Å². The number of hydrogen-bond acceptors (Lipinski definition) is 5. The highest BCUT2D eigenvalue weighted by molar-refractivity contribution is 6.17. The van der Waals surface area contributed by atoms with Crippen LogP contribution < -0.4 is 10.4 Å². The average Bonchev–Trinajstić information content (AvgIpc) is 2.71. The number of amides is 1. The maximum atomic E-state index is 12.6. The Kier molecular flexibility index (Phi) is 4.22. The molecule has 1 aromatic carbocycles. The number of benzene rings is 1. The molecule has 0 saturated carbocycles. The van der Waals surface area contributed by atoms with Crippen LogP contribution in [0.2, 0.25) is 0 Å². The van der Waals surface area contributed by atoms with Crippen molar-refractivity contribution in [2.24, 2.45) is 4.99 Å². The Balaban J connectivity index is 1.82. The van der Waals surface area contributed by atoms with E-state index in [9.17, 15) is 4.79 Å². The summed E-state index contributed by atoms with van der Waals surface area (Å²) in [5.41, 5.74) is 5.62. The lowest BCUT2D eigenvalue weighted by molar-refractivity contribution is -0.117. The van der Waals surface area contributed by atoms with E-state index in [1.165, 1.54) is 0 Å². The van der Waals surface area contributed by atoms with E-state index in [-0.39, 0.29) is 5.91 Å². The summed E-state index contributed by atoms with van der Waals surface area (Å²) in [6, 6.07) is 17.0. The van der Waals surface area contributed by atoms with Gasteiger partial charge in [-0.3, -0.25) is 20.2 Å². The van der Waals surface area contributed by atoms with Gasteiger partial charge in [0.2, 0.25) is 0 Å². The zero-order valence-corrected chi connectivity index (χ0v) is 13.8. The number of rotatable bonds is 3. The minimum atomic E-state index is -0.287. The number of para-hydroxylation sites is 1. The Labute approximate surface area is 150 Å². The Hall–Kier alpha value is -3.80. The summed E-state index contributed by atoms with van der Waals surface area (Å²) in [6.07, 6.45) is 8.49. The number of aromatic nitrogens is 2. The summed E-state index contributed by atoms with van der Waals surface area (Å²) in [4.78, 5) is 25.4. The summed E-state index contributed by atoms with van der Waals surface area (Å²) in [6.45, 7) is 0. The molecule has 1 aliphatic rings. The van der Waals surface area contributed by atoms with Crippen LogP contribution in [0, 0.1) is 0 Å². The molecule has 2 aromatic heterocycles. The molecule has 0 aliphatic carbocycles. The van der Waals surface area contributed by atoms with Gasteiger partial charge in [0.15, 0.2) is 5.84 Å². The van der Waals surface area contributed by atoms with Gasteiger partial charge in [-0.15, -0.1) is 0 Å². The van der Waals surface area contributed by atoms with Crippen LogP contribution in [0.3, 0.4) is 0 Å². The SMILES string of the molecule is O=C1NN(c2ccccc2)C(c2cccnc2)=N/C1=C\c1cccnc1. The first-order valence-electron chi connectivity index (χ1n) is 8.08. The van der Waals surface area contributed by atoms with Gasteiger partial charge in [0.1, 0.15) is 5.70 Å². The zero-order valence-electron chi connectivity index (χ0n) is 13.8.